The normalized spacial score (nSPS) is 11.2. The minimum atomic E-state index is -1.30. The zero-order valence-electron chi connectivity index (χ0n) is 8.61. The van der Waals surface area contributed by atoms with Crippen molar-refractivity contribution in [2.45, 2.75) is 26.4 Å². The van der Waals surface area contributed by atoms with E-state index in [2.05, 4.69) is 15.3 Å². The highest BCUT2D eigenvalue weighted by Gasteiger charge is 2.31. The van der Waals surface area contributed by atoms with Crippen molar-refractivity contribution in [2.75, 3.05) is 5.32 Å². The number of aromatic nitrogens is 2. The fourth-order valence-electron chi connectivity index (χ4n) is 0.901. The highest BCUT2D eigenvalue weighted by molar-refractivity contribution is 6.31. The van der Waals surface area contributed by atoms with E-state index in [1.54, 1.807) is 6.92 Å². The monoisotopic (exact) mass is 230 g/mol. The molecule has 0 aliphatic rings. The summed E-state index contributed by atoms with van der Waals surface area (Å²) in [6.45, 7) is 4.56. The summed E-state index contributed by atoms with van der Waals surface area (Å²) in [5.41, 5.74) is -0.952. The predicted molar refractivity (Wildman–Crippen MR) is 56.5 cm³/mol. The Balaban J connectivity index is 2.95. The zero-order chi connectivity index (χ0) is 11.6. The van der Waals surface area contributed by atoms with Crippen LogP contribution < -0.4 is 5.32 Å². The minimum absolute atomic E-state index is 0.178. The molecule has 1 aromatic heterocycles. The predicted octanol–water partition coefficient (Wildman–Crippen LogP) is 1.86. The molecule has 0 amide bonds. The number of nitrogens with one attached hydrogen (secondary N) is 1. The van der Waals surface area contributed by atoms with Crippen LogP contribution in [0.25, 0.3) is 0 Å². The standard InChI is InChI=1S/C8H11ClN4O2/c1-5-10-4-6(7(9)11-5)12-8(2,3)13(14)15/h4,12H,1-3H3. The quantitative estimate of drug-likeness (QED) is 0.371. The van der Waals surface area contributed by atoms with Gasteiger partial charge in [0.25, 0.3) is 5.66 Å². The molecule has 15 heavy (non-hydrogen) atoms. The van der Waals surface area contributed by atoms with Crippen molar-refractivity contribution in [1.82, 2.24) is 9.97 Å². The topological polar surface area (TPSA) is 81.0 Å². The van der Waals surface area contributed by atoms with Crippen molar-refractivity contribution in [3.63, 3.8) is 0 Å². The van der Waals surface area contributed by atoms with E-state index in [1.165, 1.54) is 20.0 Å². The molecule has 7 heteroatoms. The van der Waals surface area contributed by atoms with Crippen LogP contribution in [0.4, 0.5) is 5.69 Å². The van der Waals surface area contributed by atoms with E-state index in [0.717, 1.165) is 0 Å². The van der Waals surface area contributed by atoms with Crippen LogP contribution in [0, 0.1) is 17.0 Å². The van der Waals surface area contributed by atoms with E-state index in [0.29, 0.717) is 11.5 Å². The van der Waals surface area contributed by atoms with Crippen molar-refractivity contribution in [2.24, 2.45) is 0 Å². The lowest BCUT2D eigenvalue weighted by atomic mass is 10.2. The third kappa shape index (κ3) is 2.76. The molecule has 0 unspecified atom stereocenters. The van der Waals surface area contributed by atoms with Crippen molar-refractivity contribution < 1.29 is 4.92 Å². The molecule has 1 aromatic rings. The molecule has 0 fully saturated rings. The summed E-state index contributed by atoms with van der Waals surface area (Å²) in [7, 11) is 0. The van der Waals surface area contributed by atoms with Crippen LogP contribution in [0.3, 0.4) is 0 Å². The molecule has 0 spiro atoms. The first-order chi connectivity index (χ1) is 6.83. The van der Waals surface area contributed by atoms with Gasteiger partial charge in [0.05, 0.1) is 11.9 Å². The molecule has 0 aromatic carbocycles. The van der Waals surface area contributed by atoms with Crippen molar-refractivity contribution in [1.29, 1.82) is 0 Å². The summed E-state index contributed by atoms with van der Waals surface area (Å²) in [6.07, 6.45) is 1.43. The Hall–Kier alpha value is -1.43. The van der Waals surface area contributed by atoms with Gasteiger partial charge in [-0.25, -0.2) is 9.97 Å². The van der Waals surface area contributed by atoms with E-state index < -0.39 is 10.6 Å². The third-order valence-electron chi connectivity index (χ3n) is 1.76. The van der Waals surface area contributed by atoms with Crippen LogP contribution in [0.2, 0.25) is 5.15 Å². The molecule has 0 saturated carbocycles. The van der Waals surface area contributed by atoms with Gasteiger partial charge in [0.1, 0.15) is 5.82 Å². The lowest BCUT2D eigenvalue weighted by molar-refractivity contribution is -0.551. The van der Waals surface area contributed by atoms with Crippen LogP contribution in [0.5, 0.6) is 0 Å². The van der Waals surface area contributed by atoms with E-state index >= 15 is 0 Å². The van der Waals surface area contributed by atoms with Gasteiger partial charge in [0, 0.05) is 18.8 Å². The summed E-state index contributed by atoms with van der Waals surface area (Å²) < 4.78 is 0. The van der Waals surface area contributed by atoms with E-state index in [-0.39, 0.29) is 5.15 Å². The van der Waals surface area contributed by atoms with E-state index in [4.69, 9.17) is 11.6 Å². The van der Waals surface area contributed by atoms with Gasteiger partial charge in [-0.2, -0.15) is 0 Å². The first-order valence-electron chi connectivity index (χ1n) is 4.25. The number of nitro groups is 1. The zero-order valence-corrected chi connectivity index (χ0v) is 9.37. The van der Waals surface area contributed by atoms with Crippen LogP contribution in [-0.2, 0) is 0 Å². The lowest BCUT2D eigenvalue weighted by Crippen LogP contribution is -2.39. The Kier molecular flexibility index (Phi) is 3.09. The Morgan fingerprint density at radius 1 is 1.60 bits per heavy atom. The average Bonchev–Trinajstić information content (AvgIpc) is 2.09. The maximum Gasteiger partial charge on any atom is 0.288 e. The van der Waals surface area contributed by atoms with Crippen molar-refractivity contribution in [3.8, 4) is 0 Å². The van der Waals surface area contributed by atoms with Crippen LogP contribution in [-0.4, -0.2) is 20.6 Å². The molecule has 82 valence electrons. The van der Waals surface area contributed by atoms with Gasteiger partial charge < -0.3 is 5.32 Å². The number of aryl methyl sites for hydroxylation is 1. The Morgan fingerprint density at radius 3 is 2.67 bits per heavy atom. The molecule has 0 atom stereocenters. The summed E-state index contributed by atoms with van der Waals surface area (Å²) >= 11 is 5.80. The van der Waals surface area contributed by atoms with E-state index in [1.807, 2.05) is 0 Å². The first-order valence-corrected chi connectivity index (χ1v) is 4.62. The molecule has 0 aliphatic heterocycles. The van der Waals surface area contributed by atoms with Gasteiger partial charge in [0.15, 0.2) is 5.15 Å². The SMILES string of the molecule is Cc1ncc(NC(C)(C)[N+](=O)[O-])c(Cl)n1. The first kappa shape index (κ1) is 11.6. The van der Waals surface area contributed by atoms with Crippen molar-refractivity contribution >= 4 is 17.3 Å². The maximum absolute atomic E-state index is 10.7. The Labute approximate surface area is 91.8 Å². The smallest absolute Gasteiger partial charge is 0.288 e. The molecule has 0 aliphatic carbocycles. The molecular weight excluding hydrogens is 220 g/mol. The minimum Gasteiger partial charge on any atom is -0.318 e. The summed E-state index contributed by atoms with van der Waals surface area (Å²) in [4.78, 5) is 18.0. The van der Waals surface area contributed by atoms with Gasteiger partial charge in [-0.3, -0.25) is 10.1 Å². The molecule has 1 rings (SSSR count). The second kappa shape index (κ2) is 3.98. The van der Waals surface area contributed by atoms with Gasteiger partial charge in [-0.05, 0) is 6.92 Å². The molecule has 1 N–H and O–H groups in total. The molecule has 6 nitrogen and oxygen atoms in total. The summed E-state index contributed by atoms with van der Waals surface area (Å²) in [5.74, 6) is 0.518. The number of rotatable bonds is 3. The largest absolute Gasteiger partial charge is 0.318 e. The van der Waals surface area contributed by atoms with Crippen LogP contribution >= 0.6 is 11.6 Å². The third-order valence-corrected chi connectivity index (χ3v) is 2.05. The fourth-order valence-corrected chi connectivity index (χ4v) is 1.12. The number of anilines is 1. The Bertz CT molecular complexity index is 394. The van der Waals surface area contributed by atoms with Crippen LogP contribution in [0.1, 0.15) is 19.7 Å². The molecule has 0 radical (unpaired) electrons. The second-order valence-corrected chi connectivity index (χ2v) is 3.92. The number of hydrogen-bond donors (Lipinski definition) is 1. The summed E-state index contributed by atoms with van der Waals surface area (Å²) in [5, 5.41) is 13.5. The van der Waals surface area contributed by atoms with Gasteiger partial charge >= 0.3 is 0 Å². The van der Waals surface area contributed by atoms with Gasteiger partial charge in [-0.15, -0.1) is 0 Å². The summed E-state index contributed by atoms with van der Waals surface area (Å²) in [6, 6.07) is 0. The van der Waals surface area contributed by atoms with Gasteiger partial charge in [-0.1, -0.05) is 11.6 Å². The maximum atomic E-state index is 10.7. The molecule has 0 saturated heterocycles. The number of hydrogen-bond acceptors (Lipinski definition) is 5. The molecule has 0 bridgehead atoms. The number of nitrogens with zero attached hydrogens (tertiary/aromatic N) is 3. The van der Waals surface area contributed by atoms with E-state index in [9.17, 15) is 10.1 Å². The fraction of sp³-hybridized carbons (Fsp3) is 0.500. The van der Waals surface area contributed by atoms with Gasteiger partial charge in [0.2, 0.25) is 0 Å². The Morgan fingerprint density at radius 2 is 2.20 bits per heavy atom. The lowest BCUT2D eigenvalue weighted by Gasteiger charge is -2.18. The average molecular weight is 231 g/mol. The molecule has 1 heterocycles. The highest BCUT2D eigenvalue weighted by Crippen LogP contribution is 2.21. The highest BCUT2D eigenvalue weighted by atomic mass is 35.5. The van der Waals surface area contributed by atoms with Crippen LogP contribution in [0.15, 0.2) is 6.20 Å². The number of halogens is 1. The second-order valence-electron chi connectivity index (χ2n) is 3.56. The van der Waals surface area contributed by atoms with Crippen molar-refractivity contribution in [3.05, 3.63) is 27.3 Å². The molecular formula is C8H11ClN4O2.